The Kier molecular flexibility index (Phi) is 4.22. The molecule has 0 aliphatic rings. The molecule has 0 fully saturated rings. The molecule has 2 heteroatoms. The summed E-state index contributed by atoms with van der Waals surface area (Å²) in [5.41, 5.74) is 2.15. The van der Waals surface area contributed by atoms with E-state index in [4.69, 9.17) is 0 Å². The van der Waals surface area contributed by atoms with E-state index in [1.165, 1.54) is 5.56 Å². The van der Waals surface area contributed by atoms with E-state index < -0.39 is 0 Å². The third-order valence-electron chi connectivity index (χ3n) is 2.82. The van der Waals surface area contributed by atoms with Crippen LogP contribution in [0.25, 0.3) is 0 Å². The first-order valence-electron chi connectivity index (χ1n) is 5.89. The van der Waals surface area contributed by atoms with E-state index in [1.54, 1.807) is 12.1 Å². The van der Waals surface area contributed by atoms with Crippen molar-refractivity contribution in [1.29, 1.82) is 0 Å². The minimum atomic E-state index is 0.336. The molecule has 0 bridgehead atoms. The van der Waals surface area contributed by atoms with Crippen LogP contribution < -0.4 is 0 Å². The summed E-state index contributed by atoms with van der Waals surface area (Å²) in [4.78, 5) is 10.3. The van der Waals surface area contributed by atoms with E-state index in [0.717, 1.165) is 12.8 Å². The van der Waals surface area contributed by atoms with Gasteiger partial charge in [-0.2, -0.15) is 0 Å². The Morgan fingerprint density at radius 1 is 1.19 bits per heavy atom. The third kappa shape index (κ3) is 3.76. The van der Waals surface area contributed by atoms with Gasteiger partial charge in [-0.1, -0.05) is 39.8 Å². The monoisotopic (exact) mass is 219 g/mol. The zero-order chi connectivity index (χ0) is 12.2. The molecule has 0 saturated heterocycles. The molecule has 1 aromatic rings. The summed E-state index contributed by atoms with van der Waals surface area (Å²) in [5, 5.41) is 2.92. The van der Waals surface area contributed by atoms with Gasteiger partial charge in [0.2, 0.25) is 0 Å². The van der Waals surface area contributed by atoms with E-state index in [9.17, 15) is 4.91 Å². The molecule has 16 heavy (non-hydrogen) atoms. The predicted molar refractivity (Wildman–Crippen MR) is 69.0 cm³/mol. The topological polar surface area (TPSA) is 29.4 Å². The molecule has 0 aliphatic carbocycles. The van der Waals surface area contributed by atoms with E-state index in [1.807, 2.05) is 12.1 Å². The molecule has 1 rings (SSSR count). The Bertz CT molecular complexity index is 335. The van der Waals surface area contributed by atoms with Crippen molar-refractivity contribution in [2.24, 2.45) is 10.6 Å². The molecule has 1 aromatic carbocycles. The lowest BCUT2D eigenvalue weighted by Crippen LogP contribution is -2.11. The Labute approximate surface area is 98.0 Å². The Morgan fingerprint density at radius 3 is 2.12 bits per heavy atom. The van der Waals surface area contributed by atoms with Gasteiger partial charge in [0.15, 0.2) is 0 Å². The van der Waals surface area contributed by atoms with Gasteiger partial charge in [-0.15, -0.1) is 4.91 Å². The molecule has 0 heterocycles. The van der Waals surface area contributed by atoms with Gasteiger partial charge in [-0.25, -0.2) is 0 Å². The van der Waals surface area contributed by atoms with Crippen LogP contribution in [0.5, 0.6) is 0 Å². The van der Waals surface area contributed by atoms with Crippen LogP contribution in [0.4, 0.5) is 5.69 Å². The molecule has 1 unspecified atom stereocenters. The maximum absolute atomic E-state index is 10.3. The molecular formula is C14H21NO. The van der Waals surface area contributed by atoms with Crippen LogP contribution in [-0.2, 0) is 0 Å². The second kappa shape index (κ2) is 5.24. The largest absolute Gasteiger partial charge is 0.145 e. The van der Waals surface area contributed by atoms with E-state index >= 15 is 0 Å². The molecule has 88 valence electrons. The van der Waals surface area contributed by atoms with Crippen molar-refractivity contribution in [3.63, 3.8) is 0 Å². The fraction of sp³-hybridized carbons (Fsp3) is 0.571. The van der Waals surface area contributed by atoms with Crippen LogP contribution in [0.2, 0.25) is 0 Å². The second-order valence-corrected chi connectivity index (χ2v) is 5.55. The quantitative estimate of drug-likeness (QED) is 0.654. The SMILES string of the molecule is CCC(CC(C)(C)C)c1ccc(N=O)cc1. The van der Waals surface area contributed by atoms with Crippen LogP contribution in [0.3, 0.4) is 0 Å². The molecule has 0 spiro atoms. The van der Waals surface area contributed by atoms with Gasteiger partial charge in [-0.3, -0.25) is 0 Å². The van der Waals surface area contributed by atoms with Crippen LogP contribution in [-0.4, -0.2) is 0 Å². The molecule has 0 saturated carbocycles. The highest BCUT2D eigenvalue weighted by Gasteiger charge is 2.18. The van der Waals surface area contributed by atoms with E-state index in [2.05, 4.69) is 32.9 Å². The van der Waals surface area contributed by atoms with Gasteiger partial charge >= 0.3 is 0 Å². The lowest BCUT2D eigenvalue weighted by atomic mass is 9.80. The number of hydrogen-bond acceptors (Lipinski definition) is 2. The van der Waals surface area contributed by atoms with Crippen molar-refractivity contribution in [3.8, 4) is 0 Å². The van der Waals surface area contributed by atoms with E-state index in [0.29, 0.717) is 17.0 Å². The van der Waals surface area contributed by atoms with Crippen molar-refractivity contribution in [2.45, 2.75) is 46.5 Å². The lowest BCUT2D eigenvalue weighted by Gasteiger charge is -2.25. The van der Waals surface area contributed by atoms with Crippen molar-refractivity contribution in [3.05, 3.63) is 34.7 Å². The van der Waals surface area contributed by atoms with Crippen LogP contribution >= 0.6 is 0 Å². The highest BCUT2D eigenvalue weighted by molar-refractivity contribution is 5.39. The molecule has 2 nitrogen and oxygen atoms in total. The number of benzene rings is 1. The first-order chi connectivity index (χ1) is 7.46. The molecule has 0 aromatic heterocycles. The molecule has 0 amide bonds. The minimum absolute atomic E-state index is 0.336. The van der Waals surface area contributed by atoms with Crippen molar-refractivity contribution >= 4 is 5.69 Å². The molecule has 0 radical (unpaired) electrons. The van der Waals surface area contributed by atoms with Crippen molar-refractivity contribution < 1.29 is 0 Å². The first kappa shape index (κ1) is 12.9. The van der Waals surface area contributed by atoms with Crippen molar-refractivity contribution in [2.75, 3.05) is 0 Å². The minimum Gasteiger partial charge on any atom is -0.145 e. The maximum atomic E-state index is 10.3. The Morgan fingerprint density at radius 2 is 1.75 bits per heavy atom. The lowest BCUT2D eigenvalue weighted by molar-refractivity contribution is 0.335. The fourth-order valence-electron chi connectivity index (χ4n) is 2.04. The van der Waals surface area contributed by atoms with Gasteiger partial charge in [0.25, 0.3) is 0 Å². The highest BCUT2D eigenvalue weighted by atomic mass is 16.3. The zero-order valence-corrected chi connectivity index (χ0v) is 10.7. The molecular weight excluding hydrogens is 198 g/mol. The predicted octanol–water partition coefficient (Wildman–Crippen LogP) is 5.01. The first-order valence-corrected chi connectivity index (χ1v) is 5.89. The smallest absolute Gasteiger partial charge is 0.108 e. The average Bonchev–Trinajstić information content (AvgIpc) is 2.25. The number of nitrogens with zero attached hydrogens (tertiary/aromatic N) is 1. The second-order valence-electron chi connectivity index (χ2n) is 5.55. The summed E-state index contributed by atoms with van der Waals surface area (Å²) in [5.74, 6) is 0.570. The van der Waals surface area contributed by atoms with Crippen LogP contribution in [0, 0.1) is 10.3 Å². The molecule has 1 atom stereocenters. The van der Waals surface area contributed by atoms with Gasteiger partial charge in [0, 0.05) is 0 Å². The summed E-state index contributed by atoms with van der Waals surface area (Å²) < 4.78 is 0. The summed E-state index contributed by atoms with van der Waals surface area (Å²) in [6, 6.07) is 7.65. The molecule has 0 N–H and O–H groups in total. The summed E-state index contributed by atoms with van der Waals surface area (Å²) in [7, 11) is 0. The molecule has 0 aliphatic heterocycles. The zero-order valence-electron chi connectivity index (χ0n) is 10.7. The number of hydrogen-bond donors (Lipinski definition) is 0. The highest BCUT2D eigenvalue weighted by Crippen LogP contribution is 2.33. The summed E-state index contributed by atoms with van der Waals surface area (Å²) in [6.07, 6.45) is 2.29. The standard InChI is InChI=1S/C14H21NO/c1-5-11(10-14(2,3)4)12-6-8-13(15-16)9-7-12/h6-9,11H,5,10H2,1-4H3. The Hall–Kier alpha value is -1.18. The average molecular weight is 219 g/mol. The number of nitroso groups, excluding NO2 is 1. The fourth-order valence-corrected chi connectivity index (χ4v) is 2.04. The normalized spacial score (nSPS) is 13.5. The van der Waals surface area contributed by atoms with Gasteiger partial charge in [0.05, 0.1) is 0 Å². The van der Waals surface area contributed by atoms with Gasteiger partial charge in [0.1, 0.15) is 5.69 Å². The van der Waals surface area contributed by atoms with E-state index in [-0.39, 0.29) is 0 Å². The summed E-state index contributed by atoms with van der Waals surface area (Å²) in [6.45, 7) is 8.99. The van der Waals surface area contributed by atoms with Crippen LogP contribution in [0.1, 0.15) is 52.0 Å². The van der Waals surface area contributed by atoms with Crippen molar-refractivity contribution in [1.82, 2.24) is 0 Å². The van der Waals surface area contributed by atoms with Crippen LogP contribution in [0.15, 0.2) is 29.4 Å². The van der Waals surface area contributed by atoms with Gasteiger partial charge in [-0.05, 0) is 47.0 Å². The summed E-state index contributed by atoms with van der Waals surface area (Å²) >= 11 is 0. The maximum Gasteiger partial charge on any atom is 0.108 e. The third-order valence-corrected chi connectivity index (χ3v) is 2.82. The Balaban J connectivity index is 2.82. The number of rotatable bonds is 4. The van der Waals surface area contributed by atoms with Gasteiger partial charge < -0.3 is 0 Å².